The van der Waals surface area contributed by atoms with Crippen molar-refractivity contribution >= 4 is 33.5 Å². The quantitative estimate of drug-likeness (QED) is 0.478. The zero-order valence-corrected chi connectivity index (χ0v) is 18.9. The highest BCUT2D eigenvalue weighted by Crippen LogP contribution is 2.25. The van der Waals surface area contributed by atoms with Crippen LogP contribution in [0.4, 0.5) is 0 Å². The van der Waals surface area contributed by atoms with E-state index in [2.05, 4.69) is 40.2 Å². The number of benzene rings is 3. The Morgan fingerprint density at radius 2 is 1.56 bits per heavy atom. The number of carbonyl (C=O) groups excluding carboxylic acids is 2. The standard InChI is InChI=1S/C28H26N4O2/c33-27-19-31(17-21-8-5-7-20-6-1-2-9-23(20)21)28(34)26-18-30(14-15-32(26)27)16-22-12-13-29-25-11-4-3-10-24(22)25/h1-13,26H,14-19H2. The van der Waals surface area contributed by atoms with Gasteiger partial charge in [0.25, 0.3) is 0 Å². The zero-order chi connectivity index (χ0) is 23.1. The topological polar surface area (TPSA) is 56.8 Å². The maximum atomic E-state index is 13.6. The number of amides is 2. The Morgan fingerprint density at radius 3 is 2.47 bits per heavy atom. The molecule has 170 valence electrons. The van der Waals surface area contributed by atoms with Crippen LogP contribution in [0, 0.1) is 0 Å². The molecule has 2 saturated heterocycles. The Morgan fingerprint density at radius 1 is 0.794 bits per heavy atom. The van der Waals surface area contributed by atoms with E-state index in [-0.39, 0.29) is 18.4 Å². The number of aromatic nitrogens is 1. The average Bonchev–Trinajstić information content (AvgIpc) is 2.87. The van der Waals surface area contributed by atoms with Crippen molar-refractivity contribution in [1.29, 1.82) is 0 Å². The van der Waals surface area contributed by atoms with Gasteiger partial charge in [0.2, 0.25) is 11.8 Å². The van der Waals surface area contributed by atoms with Gasteiger partial charge in [-0.05, 0) is 34.0 Å². The van der Waals surface area contributed by atoms with Crippen molar-refractivity contribution in [3.8, 4) is 0 Å². The highest BCUT2D eigenvalue weighted by Gasteiger charge is 2.42. The van der Waals surface area contributed by atoms with Gasteiger partial charge in [-0.2, -0.15) is 0 Å². The average molecular weight is 451 g/mol. The third kappa shape index (κ3) is 3.70. The van der Waals surface area contributed by atoms with Crippen LogP contribution in [0.15, 0.2) is 79.0 Å². The van der Waals surface area contributed by atoms with Crippen molar-refractivity contribution < 1.29 is 9.59 Å². The molecule has 6 heteroatoms. The van der Waals surface area contributed by atoms with Gasteiger partial charge in [-0.1, -0.05) is 60.7 Å². The van der Waals surface area contributed by atoms with Crippen LogP contribution in [-0.2, 0) is 22.7 Å². The number of carbonyl (C=O) groups is 2. The van der Waals surface area contributed by atoms with E-state index in [9.17, 15) is 9.59 Å². The summed E-state index contributed by atoms with van der Waals surface area (Å²) in [5.74, 6) is 0.0793. The lowest BCUT2D eigenvalue weighted by atomic mass is 10.0. The molecule has 2 amide bonds. The lowest BCUT2D eigenvalue weighted by molar-refractivity contribution is -0.160. The Hall–Kier alpha value is -3.77. The maximum absolute atomic E-state index is 13.6. The van der Waals surface area contributed by atoms with Crippen LogP contribution >= 0.6 is 0 Å². The molecule has 0 N–H and O–H groups in total. The van der Waals surface area contributed by atoms with Gasteiger partial charge < -0.3 is 9.80 Å². The van der Waals surface area contributed by atoms with E-state index in [0.717, 1.165) is 40.3 Å². The highest BCUT2D eigenvalue weighted by molar-refractivity contribution is 5.95. The summed E-state index contributed by atoms with van der Waals surface area (Å²) in [7, 11) is 0. The molecule has 0 aliphatic carbocycles. The number of nitrogens with zero attached hydrogens (tertiary/aromatic N) is 4. The Labute approximate surface area is 198 Å². The van der Waals surface area contributed by atoms with Crippen molar-refractivity contribution in [2.75, 3.05) is 26.2 Å². The highest BCUT2D eigenvalue weighted by atomic mass is 16.2. The molecular formula is C28H26N4O2. The molecule has 0 bridgehead atoms. The fraction of sp³-hybridized carbons (Fsp3) is 0.250. The van der Waals surface area contributed by atoms with Gasteiger partial charge in [-0.3, -0.25) is 19.5 Å². The van der Waals surface area contributed by atoms with Crippen LogP contribution in [0.25, 0.3) is 21.7 Å². The van der Waals surface area contributed by atoms with Gasteiger partial charge in [-0.15, -0.1) is 0 Å². The van der Waals surface area contributed by atoms with Crippen molar-refractivity contribution in [1.82, 2.24) is 19.7 Å². The van der Waals surface area contributed by atoms with Crippen molar-refractivity contribution in [3.05, 3.63) is 90.1 Å². The molecule has 1 unspecified atom stereocenters. The van der Waals surface area contributed by atoms with Gasteiger partial charge in [0.05, 0.1) is 5.52 Å². The van der Waals surface area contributed by atoms with E-state index >= 15 is 0 Å². The molecule has 3 heterocycles. The number of hydrogen-bond donors (Lipinski definition) is 0. The summed E-state index contributed by atoms with van der Waals surface area (Å²) in [6.45, 7) is 3.22. The SMILES string of the molecule is O=C1C2CN(Cc3ccnc4ccccc34)CCN2C(=O)CN1Cc1cccc2ccccc12. The van der Waals surface area contributed by atoms with E-state index in [1.807, 2.05) is 48.7 Å². The van der Waals surface area contributed by atoms with Gasteiger partial charge in [0.1, 0.15) is 12.6 Å². The number of fused-ring (bicyclic) bond motifs is 3. The van der Waals surface area contributed by atoms with Crippen LogP contribution in [0.2, 0.25) is 0 Å². The monoisotopic (exact) mass is 450 g/mol. The van der Waals surface area contributed by atoms with E-state index < -0.39 is 6.04 Å². The normalized spacial score (nSPS) is 19.1. The van der Waals surface area contributed by atoms with Crippen molar-refractivity contribution in [2.45, 2.75) is 19.1 Å². The molecule has 2 fully saturated rings. The summed E-state index contributed by atoms with van der Waals surface area (Å²) in [5.41, 5.74) is 3.24. The number of piperazine rings is 2. The Kier molecular flexibility index (Phi) is 5.23. The molecule has 2 aliphatic rings. The van der Waals surface area contributed by atoms with Crippen LogP contribution in [0.3, 0.4) is 0 Å². The molecule has 0 radical (unpaired) electrons. The second-order valence-electron chi connectivity index (χ2n) is 9.16. The summed E-state index contributed by atoms with van der Waals surface area (Å²) in [6.07, 6.45) is 1.84. The predicted octanol–water partition coefficient (Wildman–Crippen LogP) is 3.44. The Balaban J connectivity index is 1.23. The minimum absolute atomic E-state index is 0.0387. The fourth-order valence-corrected chi connectivity index (χ4v) is 5.34. The second kappa shape index (κ2) is 8.54. The lowest BCUT2D eigenvalue weighted by Gasteiger charge is -2.46. The van der Waals surface area contributed by atoms with Gasteiger partial charge in [0, 0.05) is 44.3 Å². The molecular weight excluding hydrogens is 424 g/mol. The van der Waals surface area contributed by atoms with Crippen molar-refractivity contribution in [2.24, 2.45) is 0 Å². The summed E-state index contributed by atoms with van der Waals surface area (Å²) < 4.78 is 0. The van der Waals surface area contributed by atoms with E-state index in [4.69, 9.17) is 0 Å². The van der Waals surface area contributed by atoms with Gasteiger partial charge in [0.15, 0.2) is 0 Å². The van der Waals surface area contributed by atoms with E-state index in [1.165, 1.54) is 5.56 Å². The molecule has 2 aliphatic heterocycles. The first-order valence-corrected chi connectivity index (χ1v) is 11.8. The third-order valence-corrected chi connectivity index (χ3v) is 7.08. The summed E-state index contributed by atoms with van der Waals surface area (Å²) in [4.78, 5) is 36.8. The maximum Gasteiger partial charge on any atom is 0.247 e. The minimum atomic E-state index is -0.432. The summed E-state index contributed by atoms with van der Waals surface area (Å²) >= 11 is 0. The summed E-state index contributed by atoms with van der Waals surface area (Å²) in [6, 6.07) is 24.1. The molecule has 3 aromatic carbocycles. The second-order valence-corrected chi connectivity index (χ2v) is 9.16. The largest absolute Gasteiger partial charge is 0.327 e. The molecule has 34 heavy (non-hydrogen) atoms. The number of pyridine rings is 1. The molecule has 6 rings (SSSR count). The van der Waals surface area contributed by atoms with E-state index in [0.29, 0.717) is 19.6 Å². The van der Waals surface area contributed by atoms with Crippen molar-refractivity contribution in [3.63, 3.8) is 0 Å². The van der Waals surface area contributed by atoms with Crippen LogP contribution in [0.1, 0.15) is 11.1 Å². The van der Waals surface area contributed by atoms with E-state index in [1.54, 1.807) is 9.80 Å². The Bertz CT molecular complexity index is 1390. The molecule has 0 spiro atoms. The smallest absolute Gasteiger partial charge is 0.247 e. The minimum Gasteiger partial charge on any atom is -0.327 e. The number of rotatable bonds is 4. The molecule has 1 atom stereocenters. The fourth-order valence-electron chi connectivity index (χ4n) is 5.34. The molecule has 4 aromatic rings. The van der Waals surface area contributed by atoms with Crippen LogP contribution < -0.4 is 0 Å². The van der Waals surface area contributed by atoms with Crippen LogP contribution in [0.5, 0.6) is 0 Å². The number of para-hydroxylation sites is 1. The zero-order valence-electron chi connectivity index (χ0n) is 18.9. The van der Waals surface area contributed by atoms with Gasteiger partial charge >= 0.3 is 0 Å². The third-order valence-electron chi connectivity index (χ3n) is 7.08. The molecule has 1 aromatic heterocycles. The number of hydrogen-bond acceptors (Lipinski definition) is 4. The first-order valence-electron chi connectivity index (χ1n) is 11.8. The predicted molar refractivity (Wildman–Crippen MR) is 132 cm³/mol. The summed E-state index contributed by atoms with van der Waals surface area (Å²) in [5, 5.41) is 3.41. The lowest BCUT2D eigenvalue weighted by Crippen LogP contribution is -2.66. The first-order chi connectivity index (χ1) is 16.7. The first kappa shape index (κ1) is 20.8. The van der Waals surface area contributed by atoms with Crippen LogP contribution in [-0.4, -0.2) is 63.7 Å². The molecule has 0 saturated carbocycles. The molecule has 6 nitrogen and oxygen atoms in total. The van der Waals surface area contributed by atoms with Gasteiger partial charge in [-0.25, -0.2) is 0 Å².